The van der Waals surface area contributed by atoms with Crippen LogP contribution in [0.15, 0.2) is 18.2 Å². The molecule has 0 bridgehead atoms. The summed E-state index contributed by atoms with van der Waals surface area (Å²) in [6.07, 6.45) is -3.79. The number of rotatable bonds is 15. The van der Waals surface area contributed by atoms with Crippen LogP contribution in [0.2, 0.25) is 0 Å². The Hall–Kier alpha value is -7.39. The molecule has 9 amide bonds. The molecule has 1 aliphatic rings. The van der Waals surface area contributed by atoms with E-state index in [0.717, 1.165) is 0 Å². The Morgan fingerprint density at radius 2 is 1.40 bits per heavy atom. The second kappa shape index (κ2) is 27.6. The van der Waals surface area contributed by atoms with Crippen LogP contribution in [0.1, 0.15) is 84.1 Å². The maximum atomic E-state index is 14.4. The lowest BCUT2D eigenvalue weighted by molar-refractivity contribution is -0.155. The molecule has 1 aromatic carbocycles. The predicted molar refractivity (Wildman–Crippen MR) is 244 cm³/mol. The molecule has 0 aromatic heterocycles. The highest BCUT2D eigenvalue weighted by Crippen LogP contribution is 2.22. The normalized spacial score (nSPS) is 24.3. The highest BCUT2D eigenvalue weighted by atomic mass is 32.2. The molecule has 0 radical (unpaired) electrons. The van der Waals surface area contributed by atoms with E-state index in [1.54, 1.807) is 13.8 Å². The van der Waals surface area contributed by atoms with Crippen molar-refractivity contribution in [3.8, 4) is 5.75 Å². The van der Waals surface area contributed by atoms with Gasteiger partial charge in [-0.3, -0.25) is 61.7 Å². The van der Waals surface area contributed by atoms with Crippen molar-refractivity contribution in [2.24, 2.45) is 23.3 Å². The Labute approximate surface area is 403 Å². The molecule has 0 unspecified atom stereocenters. The van der Waals surface area contributed by atoms with E-state index < -0.39 is 173 Å². The van der Waals surface area contributed by atoms with Gasteiger partial charge in [0.05, 0.1) is 17.9 Å². The van der Waals surface area contributed by atoms with Gasteiger partial charge < -0.3 is 74.8 Å². The van der Waals surface area contributed by atoms with Crippen molar-refractivity contribution in [3.05, 3.63) is 23.8 Å². The number of nitrogen functional groups attached to an aromatic ring is 1. The molecule has 1 fully saturated rings. The van der Waals surface area contributed by atoms with Crippen molar-refractivity contribution >= 4 is 87.6 Å². The number of primary amides is 2. The van der Waals surface area contributed by atoms with E-state index in [0.29, 0.717) is 0 Å². The average Bonchev–Trinajstić information content (AvgIpc) is 3.23. The van der Waals surface area contributed by atoms with Gasteiger partial charge in [-0.15, -0.1) is 0 Å². The Kier molecular flexibility index (Phi) is 23.1. The number of aromatic hydroxyl groups is 1. The molecule has 1 heterocycles. The van der Waals surface area contributed by atoms with Gasteiger partial charge in [-0.05, 0) is 62.6 Å². The number of benzene rings is 1. The smallest absolute Gasteiger partial charge is 0.317 e. The number of amides is 9. The average molecular weight is 1010 g/mol. The van der Waals surface area contributed by atoms with E-state index in [1.807, 2.05) is 0 Å². The van der Waals surface area contributed by atoms with Crippen molar-refractivity contribution in [2.75, 3.05) is 23.8 Å². The van der Waals surface area contributed by atoms with E-state index >= 15 is 0 Å². The Morgan fingerprint density at radius 1 is 0.786 bits per heavy atom. The quantitative estimate of drug-likeness (QED) is 0.0449. The van der Waals surface area contributed by atoms with Gasteiger partial charge in [0, 0.05) is 43.0 Å². The molecule has 1 aliphatic heterocycles. The summed E-state index contributed by atoms with van der Waals surface area (Å²) in [7, 11) is -2.32. The first kappa shape index (κ1) is 58.7. The second-order valence-corrected chi connectivity index (χ2v) is 18.7. The molecule has 17 N–H and O–H groups in total. The molecular weight excluding hydrogens is 949 g/mol. The molecule has 70 heavy (non-hydrogen) atoms. The third kappa shape index (κ3) is 20.1. The number of carbonyl (C=O) groups excluding carboxylic acids is 9. The summed E-state index contributed by atoms with van der Waals surface area (Å²) in [5.74, 6) is -19.6. The van der Waals surface area contributed by atoms with Crippen LogP contribution in [-0.2, 0) is 74.8 Å². The third-order valence-corrected chi connectivity index (χ3v) is 12.0. The van der Waals surface area contributed by atoms with Crippen molar-refractivity contribution < 1.29 is 82.2 Å². The molecule has 1 saturated heterocycles. The predicted octanol–water partition coefficient (Wildman–Crippen LogP) is -4.30. The zero-order chi connectivity index (χ0) is 53.0. The summed E-state index contributed by atoms with van der Waals surface area (Å²) >= 11 is 0. The van der Waals surface area contributed by atoms with Gasteiger partial charge >= 0.3 is 17.9 Å². The SMILES string of the molecule is CC(C)C[C@@H]1NC(=O)[C@H](CC(C(=O)O)C(=O)O)NC(=O)C[S@@](=O)C[C@@H](C(N)=O)NC(=O)CCCCNC(=O)[C@H](CC(N)=O)NC(=O)[C@](C)(CCCC(=O)O)NC(=O)[C@H](Cc2ccc(O)c(N)c2)NC1=O. The fourth-order valence-corrected chi connectivity index (χ4v) is 8.06. The first-order valence-electron chi connectivity index (χ1n) is 21.9. The van der Waals surface area contributed by atoms with Gasteiger partial charge in [0.25, 0.3) is 0 Å². The summed E-state index contributed by atoms with van der Waals surface area (Å²) in [6, 6.07) is -4.86. The van der Waals surface area contributed by atoms with Crippen LogP contribution in [0.3, 0.4) is 0 Å². The minimum Gasteiger partial charge on any atom is -0.506 e. The number of carbonyl (C=O) groups is 12. The molecule has 27 nitrogen and oxygen atoms in total. The number of aliphatic carboxylic acids is 3. The van der Waals surface area contributed by atoms with Crippen LogP contribution in [-0.4, -0.2) is 150 Å². The number of nitrogens with one attached hydrogen (secondary N) is 7. The molecule has 1 aromatic rings. The van der Waals surface area contributed by atoms with Crippen LogP contribution in [0, 0.1) is 11.8 Å². The number of nitrogens with two attached hydrogens (primary N) is 3. The molecule has 388 valence electrons. The van der Waals surface area contributed by atoms with Gasteiger partial charge in [0.15, 0.2) is 5.92 Å². The van der Waals surface area contributed by atoms with E-state index in [9.17, 15) is 82.2 Å². The summed E-state index contributed by atoms with van der Waals surface area (Å²) in [4.78, 5) is 156. The minimum atomic E-state index is -2.32. The molecule has 0 saturated carbocycles. The number of phenols is 1. The minimum absolute atomic E-state index is 0.0627. The number of carboxylic acid groups (broad SMARTS) is 3. The molecule has 2 rings (SSSR count). The molecule has 0 aliphatic carbocycles. The number of anilines is 1. The van der Waals surface area contributed by atoms with Crippen LogP contribution in [0.4, 0.5) is 5.69 Å². The fourth-order valence-electron chi connectivity index (χ4n) is 6.94. The largest absolute Gasteiger partial charge is 0.506 e. The standard InChI is InChI=1S/C42H62N10O17S/c1-20(2)13-24-36(61)50-25(15-21-9-10-29(53)23(43)14-21)38(63)52-42(3,11-6-8-33(57)58)41(68)51-27(17-30(44)54)35(60)46-12-5-4-7-31(55)48-28(34(45)59)18-70(69)19-32(56)47-26(37(62)49-24)16-22(39(64)65)40(66)67/h9-10,14,20,22,24-28,53H,4-8,11-13,15-19,43H2,1-3H3,(H2,44,54)(H2,45,59)(H,46,60)(H,47,56)(H,48,55)(H,49,62)(H,50,61)(H,51,68)(H,52,63)(H,57,58)(H,64,65)(H,66,67)/t24-,25-,26-,27-,28-,42-,70-/m0/s1. The Morgan fingerprint density at radius 3 is 1.96 bits per heavy atom. The first-order chi connectivity index (χ1) is 32.6. The van der Waals surface area contributed by atoms with Crippen molar-refractivity contribution in [3.63, 3.8) is 0 Å². The van der Waals surface area contributed by atoms with Crippen LogP contribution >= 0.6 is 0 Å². The summed E-state index contributed by atoms with van der Waals surface area (Å²) in [6.45, 7) is 4.28. The van der Waals surface area contributed by atoms with Gasteiger partial charge in [-0.25, -0.2) is 0 Å². The van der Waals surface area contributed by atoms with E-state index in [-0.39, 0.29) is 55.6 Å². The lowest BCUT2D eigenvalue weighted by Crippen LogP contribution is -2.64. The Bertz CT molecular complexity index is 2180. The van der Waals surface area contributed by atoms with Crippen molar-refractivity contribution in [1.82, 2.24) is 37.2 Å². The molecule has 7 atom stereocenters. The highest BCUT2D eigenvalue weighted by molar-refractivity contribution is 7.85. The number of phenolic OH excluding ortho intramolecular Hbond substituents is 1. The number of hydrogen-bond donors (Lipinski definition) is 14. The maximum Gasteiger partial charge on any atom is 0.317 e. The monoisotopic (exact) mass is 1010 g/mol. The molecule has 28 heteroatoms. The maximum absolute atomic E-state index is 14.4. The number of carboxylic acids is 3. The van der Waals surface area contributed by atoms with Gasteiger partial charge in [-0.2, -0.15) is 0 Å². The Balaban J connectivity index is 2.79. The molecule has 0 spiro atoms. The highest BCUT2D eigenvalue weighted by Gasteiger charge is 2.41. The fraction of sp³-hybridized carbons (Fsp3) is 0.571. The number of hydrogen-bond acceptors (Lipinski definition) is 15. The first-order valence-corrected chi connectivity index (χ1v) is 23.4. The third-order valence-electron chi connectivity index (χ3n) is 10.7. The van der Waals surface area contributed by atoms with Crippen molar-refractivity contribution in [2.45, 2.75) is 121 Å². The topological polar surface area (TPSA) is 465 Å². The van der Waals surface area contributed by atoms with Gasteiger partial charge in [-0.1, -0.05) is 19.9 Å². The van der Waals surface area contributed by atoms with Crippen LogP contribution < -0.4 is 54.4 Å². The van der Waals surface area contributed by atoms with E-state index in [2.05, 4.69) is 37.2 Å². The lowest BCUT2D eigenvalue weighted by atomic mass is 9.91. The second-order valence-electron chi connectivity index (χ2n) is 17.2. The van der Waals surface area contributed by atoms with Crippen LogP contribution in [0.25, 0.3) is 0 Å². The van der Waals surface area contributed by atoms with E-state index in [1.165, 1.54) is 25.1 Å². The molecular formula is C42H62N10O17S. The zero-order valence-electron chi connectivity index (χ0n) is 38.7. The summed E-state index contributed by atoms with van der Waals surface area (Å²) in [5.41, 5.74) is 14.7. The lowest BCUT2D eigenvalue weighted by Gasteiger charge is -2.33. The summed E-state index contributed by atoms with van der Waals surface area (Å²) < 4.78 is 13.1. The van der Waals surface area contributed by atoms with Gasteiger partial charge in [0.2, 0.25) is 53.2 Å². The van der Waals surface area contributed by atoms with Gasteiger partial charge in [0.1, 0.15) is 47.3 Å². The zero-order valence-corrected chi connectivity index (χ0v) is 39.5. The van der Waals surface area contributed by atoms with Crippen LogP contribution in [0.5, 0.6) is 5.75 Å². The van der Waals surface area contributed by atoms with E-state index in [4.69, 9.17) is 17.2 Å². The summed E-state index contributed by atoms with van der Waals surface area (Å²) in [5, 5.41) is 55.4. The van der Waals surface area contributed by atoms with Crippen molar-refractivity contribution in [1.29, 1.82) is 0 Å².